The second kappa shape index (κ2) is 11.3. The summed E-state index contributed by atoms with van der Waals surface area (Å²) in [6.45, 7) is 24.8. The van der Waals surface area contributed by atoms with Gasteiger partial charge in [0.2, 0.25) is 0 Å². The van der Waals surface area contributed by atoms with Gasteiger partial charge in [-0.2, -0.15) is 0 Å². The lowest BCUT2D eigenvalue weighted by molar-refractivity contribution is -0.249. The summed E-state index contributed by atoms with van der Waals surface area (Å²) in [5.41, 5.74) is 3.20. The Balaban J connectivity index is 1.30. The van der Waals surface area contributed by atoms with Crippen molar-refractivity contribution in [2.24, 2.45) is 56.7 Å². The lowest BCUT2D eigenvalue weighted by Crippen LogP contribution is -2.66. The van der Waals surface area contributed by atoms with E-state index in [4.69, 9.17) is 4.74 Å². The van der Waals surface area contributed by atoms with E-state index in [9.17, 15) is 4.79 Å². The number of esters is 1. The molecule has 5 aliphatic rings. The first kappa shape index (κ1) is 31.6. The van der Waals surface area contributed by atoms with Crippen molar-refractivity contribution in [2.75, 3.05) is 0 Å². The number of ether oxygens (including phenoxy) is 1. The topological polar surface area (TPSA) is 26.3 Å². The fourth-order valence-corrected chi connectivity index (χ4v) is 12.9. The molecule has 5 rings (SSSR count). The lowest BCUT2D eigenvalue weighted by Gasteiger charge is -2.73. The van der Waals surface area contributed by atoms with Crippen LogP contribution in [0.1, 0.15) is 165 Å². The highest BCUT2D eigenvalue weighted by Gasteiger charge is 2.70. The molecule has 2 nitrogen and oxygen atoms in total. The van der Waals surface area contributed by atoms with Crippen LogP contribution in [0, 0.1) is 56.7 Å². The van der Waals surface area contributed by atoms with Crippen molar-refractivity contribution in [3.05, 3.63) is 12.2 Å². The summed E-state index contributed by atoms with van der Waals surface area (Å²) in [5.74, 6) is 3.89. The molecule has 0 spiro atoms. The Labute approximate surface area is 254 Å². The fourth-order valence-electron chi connectivity index (χ4n) is 12.9. The van der Waals surface area contributed by atoms with E-state index in [1.807, 2.05) is 0 Å². The van der Waals surface area contributed by atoms with E-state index in [0.29, 0.717) is 34.0 Å². The second-order valence-corrected chi connectivity index (χ2v) is 17.7. The van der Waals surface area contributed by atoms with Crippen LogP contribution >= 0.6 is 0 Å². The van der Waals surface area contributed by atoms with Crippen LogP contribution < -0.4 is 0 Å². The highest BCUT2D eigenvalue weighted by Crippen LogP contribution is 2.77. The van der Waals surface area contributed by atoms with Crippen molar-refractivity contribution in [1.29, 1.82) is 0 Å². The van der Waals surface area contributed by atoms with E-state index < -0.39 is 0 Å². The molecule has 0 saturated heterocycles. The van der Waals surface area contributed by atoms with Crippen molar-refractivity contribution in [2.45, 2.75) is 171 Å². The standard InChI is InChI=1S/C39H66O2/c1-10-11-12-13-14-15-16-33(40)41-32-21-23-37(7)30(35(32,4)5)20-24-39(9)31(37)18-17-29-34-28(27(2)3)19-22-36(34,6)25-26-38(29,39)8/h28-32,34H,2,10-26H2,1,3-9H3/t28-,29+,30-,31+,32-,34+,36+,37-,38+,39+/m0/s1. The van der Waals surface area contributed by atoms with E-state index in [-0.39, 0.29) is 17.5 Å². The van der Waals surface area contributed by atoms with E-state index in [2.05, 4.69) is 62.0 Å². The van der Waals surface area contributed by atoms with Gasteiger partial charge < -0.3 is 4.74 Å². The van der Waals surface area contributed by atoms with Crippen molar-refractivity contribution in [1.82, 2.24) is 0 Å². The van der Waals surface area contributed by atoms with Gasteiger partial charge in [-0.3, -0.25) is 4.79 Å². The lowest BCUT2D eigenvalue weighted by atomic mass is 9.32. The van der Waals surface area contributed by atoms with Gasteiger partial charge in [-0.15, -0.1) is 0 Å². The number of fused-ring (bicyclic) bond motifs is 7. The maximum absolute atomic E-state index is 13.0. The third-order valence-corrected chi connectivity index (χ3v) is 15.4. The summed E-state index contributed by atoms with van der Waals surface area (Å²) >= 11 is 0. The smallest absolute Gasteiger partial charge is 0.306 e. The summed E-state index contributed by atoms with van der Waals surface area (Å²) < 4.78 is 6.34. The van der Waals surface area contributed by atoms with Gasteiger partial charge in [-0.25, -0.2) is 0 Å². The van der Waals surface area contributed by atoms with Crippen LogP contribution in [0.5, 0.6) is 0 Å². The Bertz CT molecular complexity index is 980. The largest absolute Gasteiger partial charge is 0.462 e. The molecule has 41 heavy (non-hydrogen) atoms. The highest BCUT2D eigenvalue weighted by atomic mass is 16.5. The first-order valence-corrected chi connectivity index (χ1v) is 18.1. The van der Waals surface area contributed by atoms with Crippen LogP contribution in [0.15, 0.2) is 12.2 Å². The van der Waals surface area contributed by atoms with Crippen LogP contribution in [0.4, 0.5) is 0 Å². The van der Waals surface area contributed by atoms with Crippen molar-refractivity contribution in [3.8, 4) is 0 Å². The SMILES string of the molecule is C=C(C)[C@@H]1CC[C@]2(C)CC[C@]3(C)[C@H](CC[C@@H]4[C@@]5(C)CC[C@H](OC(=O)CCCCCCCC)C(C)(C)[C@@H]5CC[C@]43C)[C@@H]12. The number of carbonyl (C=O) groups excluding carboxylic acids is 1. The van der Waals surface area contributed by atoms with Crippen molar-refractivity contribution >= 4 is 5.97 Å². The summed E-state index contributed by atoms with van der Waals surface area (Å²) in [5, 5.41) is 0. The maximum Gasteiger partial charge on any atom is 0.306 e. The highest BCUT2D eigenvalue weighted by molar-refractivity contribution is 5.69. The van der Waals surface area contributed by atoms with Crippen molar-refractivity contribution < 1.29 is 9.53 Å². The molecule has 5 fully saturated rings. The Morgan fingerprint density at radius 2 is 1.46 bits per heavy atom. The van der Waals surface area contributed by atoms with Gasteiger partial charge in [0.1, 0.15) is 6.10 Å². The fraction of sp³-hybridized carbons (Fsp3) is 0.923. The normalized spacial score (nSPS) is 46.5. The molecule has 2 heteroatoms. The molecule has 0 heterocycles. The predicted molar refractivity (Wildman–Crippen MR) is 173 cm³/mol. The number of allylic oxidation sites excluding steroid dienone is 1. The van der Waals surface area contributed by atoms with Gasteiger partial charge >= 0.3 is 5.97 Å². The van der Waals surface area contributed by atoms with Crippen LogP contribution in [0.25, 0.3) is 0 Å². The van der Waals surface area contributed by atoms with Crippen molar-refractivity contribution in [3.63, 3.8) is 0 Å². The zero-order valence-corrected chi connectivity index (χ0v) is 28.5. The molecule has 0 bridgehead atoms. The molecule has 0 aliphatic heterocycles. The van der Waals surface area contributed by atoms with Gasteiger partial charge in [-0.1, -0.05) is 92.7 Å². The molecule has 10 atom stereocenters. The number of hydrogen-bond acceptors (Lipinski definition) is 2. The van der Waals surface area contributed by atoms with E-state index in [0.717, 1.165) is 42.9 Å². The van der Waals surface area contributed by atoms with Crippen LogP contribution in [0.2, 0.25) is 0 Å². The molecule has 0 aromatic carbocycles. The quantitative estimate of drug-likeness (QED) is 0.158. The second-order valence-electron chi connectivity index (χ2n) is 17.7. The summed E-state index contributed by atoms with van der Waals surface area (Å²) in [6, 6.07) is 0. The van der Waals surface area contributed by atoms with Gasteiger partial charge in [0, 0.05) is 11.8 Å². The Hall–Kier alpha value is -0.790. The molecule has 0 aromatic heterocycles. The molecule has 5 saturated carbocycles. The van der Waals surface area contributed by atoms with E-state index in [1.54, 1.807) is 0 Å². The van der Waals surface area contributed by atoms with Crippen LogP contribution in [-0.2, 0) is 9.53 Å². The van der Waals surface area contributed by atoms with Crippen LogP contribution in [-0.4, -0.2) is 12.1 Å². The predicted octanol–water partition coefficient (Wildman–Crippen LogP) is 11.3. The van der Waals surface area contributed by atoms with Gasteiger partial charge in [0.05, 0.1) is 0 Å². The van der Waals surface area contributed by atoms with Crippen LogP contribution in [0.3, 0.4) is 0 Å². The molecule has 0 N–H and O–H groups in total. The third kappa shape index (κ3) is 5.00. The average Bonchev–Trinajstić information content (AvgIpc) is 3.26. The minimum atomic E-state index is 0.0461. The summed E-state index contributed by atoms with van der Waals surface area (Å²) in [4.78, 5) is 13.0. The first-order chi connectivity index (χ1) is 19.2. The Morgan fingerprint density at radius 3 is 2.17 bits per heavy atom. The zero-order valence-electron chi connectivity index (χ0n) is 28.5. The number of hydrogen-bond donors (Lipinski definition) is 0. The van der Waals surface area contributed by atoms with Gasteiger partial charge in [-0.05, 0) is 129 Å². The molecule has 5 aliphatic carbocycles. The number of rotatable bonds is 9. The molecule has 0 radical (unpaired) electrons. The van der Waals surface area contributed by atoms with Gasteiger partial charge in [0.25, 0.3) is 0 Å². The molecule has 0 aromatic rings. The minimum Gasteiger partial charge on any atom is -0.462 e. The monoisotopic (exact) mass is 567 g/mol. The minimum absolute atomic E-state index is 0.0461. The molecular formula is C39H66O2. The molecule has 0 amide bonds. The van der Waals surface area contributed by atoms with E-state index in [1.165, 1.54) is 89.0 Å². The Kier molecular flexibility index (Phi) is 8.71. The Morgan fingerprint density at radius 1 is 0.756 bits per heavy atom. The summed E-state index contributed by atoms with van der Waals surface area (Å²) in [6.07, 6.45) is 21.3. The molecule has 0 unspecified atom stereocenters. The van der Waals surface area contributed by atoms with Gasteiger partial charge in [0.15, 0.2) is 0 Å². The molecular weight excluding hydrogens is 500 g/mol. The maximum atomic E-state index is 13.0. The summed E-state index contributed by atoms with van der Waals surface area (Å²) in [7, 11) is 0. The third-order valence-electron chi connectivity index (χ3n) is 15.4. The zero-order chi connectivity index (χ0) is 29.8. The number of carbonyl (C=O) groups is 1. The average molecular weight is 567 g/mol. The van der Waals surface area contributed by atoms with E-state index >= 15 is 0 Å². The first-order valence-electron chi connectivity index (χ1n) is 18.1. The number of unbranched alkanes of at least 4 members (excludes halogenated alkanes) is 5. The molecule has 234 valence electrons.